The fourth-order valence-corrected chi connectivity index (χ4v) is 3.89. The second-order valence-corrected chi connectivity index (χ2v) is 7.25. The van der Waals surface area contributed by atoms with Crippen molar-refractivity contribution < 1.29 is 0 Å². The molecule has 2 N–H and O–H groups in total. The highest BCUT2D eigenvalue weighted by atomic mass is 16.1. The van der Waals surface area contributed by atoms with Crippen molar-refractivity contribution in [2.24, 2.45) is 0 Å². The molecule has 0 spiro atoms. The van der Waals surface area contributed by atoms with Crippen LogP contribution >= 0.6 is 0 Å². The van der Waals surface area contributed by atoms with Gasteiger partial charge < -0.3 is 10.3 Å². The average Bonchev–Trinajstić information content (AvgIpc) is 3.29. The zero-order valence-electron chi connectivity index (χ0n) is 16.9. The first-order valence-electron chi connectivity index (χ1n) is 9.94. The van der Waals surface area contributed by atoms with Gasteiger partial charge in [0.15, 0.2) is 11.5 Å². The van der Waals surface area contributed by atoms with Crippen LogP contribution in [0, 0.1) is 0 Å². The third-order valence-electron chi connectivity index (χ3n) is 5.36. The van der Waals surface area contributed by atoms with Gasteiger partial charge in [-0.25, -0.2) is 15.0 Å². The van der Waals surface area contributed by atoms with Crippen LogP contribution in [0.5, 0.6) is 0 Å². The number of para-hydroxylation sites is 1. The number of fused-ring (bicyclic) bond motifs is 2. The van der Waals surface area contributed by atoms with Crippen molar-refractivity contribution in [1.82, 2.24) is 24.5 Å². The molecular weight excluding hydrogens is 388 g/mol. The standard InChI is InChI=1S/C24H20N6O/c1-3-16-8-7-9-17-12-19(30(24(31)20(16)17)18-10-5-4-6-11-18)15(2)29-23-21-22(26-13-25-21)27-14-28-23/h3-15H,1H2,2H3,(H2,25,26,27,28,29)/t15-/m0/s1. The minimum absolute atomic E-state index is 0.0875. The fourth-order valence-electron chi connectivity index (χ4n) is 3.89. The molecule has 7 nitrogen and oxygen atoms in total. The third-order valence-corrected chi connectivity index (χ3v) is 5.36. The summed E-state index contributed by atoms with van der Waals surface area (Å²) in [7, 11) is 0. The summed E-state index contributed by atoms with van der Waals surface area (Å²) in [6, 6.07) is 17.2. The van der Waals surface area contributed by atoms with Gasteiger partial charge in [-0.2, -0.15) is 0 Å². The number of aromatic amines is 1. The maximum Gasteiger partial charge on any atom is 0.263 e. The molecule has 3 aromatic heterocycles. The molecule has 0 aliphatic rings. The van der Waals surface area contributed by atoms with E-state index in [0.29, 0.717) is 22.4 Å². The first-order valence-corrected chi connectivity index (χ1v) is 9.94. The van der Waals surface area contributed by atoms with Crippen LogP contribution in [0.15, 0.2) is 78.6 Å². The number of rotatable bonds is 5. The van der Waals surface area contributed by atoms with E-state index in [0.717, 1.165) is 22.3 Å². The molecule has 0 fully saturated rings. The molecule has 1 atom stereocenters. The number of benzene rings is 2. The minimum atomic E-state index is -0.237. The zero-order chi connectivity index (χ0) is 21.4. The lowest BCUT2D eigenvalue weighted by Gasteiger charge is -2.21. The third kappa shape index (κ3) is 3.16. The Hall–Kier alpha value is -4.26. The maximum atomic E-state index is 13.7. The lowest BCUT2D eigenvalue weighted by atomic mass is 10.0. The van der Waals surface area contributed by atoms with E-state index in [1.807, 2.05) is 61.5 Å². The van der Waals surface area contributed by atoms with Gasteiger partial charge in [-0.15, -0.1) is 0 Å². The molecule has 0 amide bonds. The molecule has 2 aromatic carbocycles. The van der Waals surface area contributed by atoms with Gasteiger partial charge in [0.25, 0.3) is 5.56 Å². The van der Waals surface area contributed by atoms with Gasteiger partial charge in [-0.05, 0) is 36.1 Å². The molecule has 0 aliphatic carbocycles. The predicted octanol–water partition coefficient (Wildman–Crippen LogP) is 4.47. The summed E-state index contributed by atoms with van der Waals surface area (Å²) in [5, 5.41) is 4.92. The van der Waals surface area contributed by atoms with Crippen molar-refractivity contribution in [3.8, 4) is 5.69 Å². The van der Waals surface area contributed by atoms with Gasteiger partial charge in [-0.3, -0.25) is 9.36 Å². The molecule has 0 unspecified atom stereocenters. The van der Waals surface area contributed by atoms with Crippen LogP contribution in [0.4, 0.5) is 5.82 Å². The number of aromatic nitrogens is 5. The number of hydrogen-bond donors (Lipinski definition) is 2. The van der Waals surface area contributed by atoms with Crippen LogP contribution in [0.2, 0.25) is 0 Å². The van der Waals surface area contributed by atoms with Crippen molar-refractivity contribution in [3.63, 3.8) is 0 Å². The number of imidazole rings is 1. The molecule has 0 aliphatic heterocycles. The molecule has 3 heterocycles. The highest BCUT2D eigenvalue weighted by molar-refractivity contribution is 5.90. The minimum Gasteiger partial charge on any atom is -0.360 e. The van der Waals surface area contributed by atoms with Crippen molar-refractivity contribution in [3.05, 3.63) is 95.4 Å². The SMILES string of the molecule is C=Cc1cccc2cc([C@H](C)Nc3ncnc4[nH]cnc34)n(-c3ccccc3)c(=O)c12. The van der Waals surface area contributed by atoms with E-state index in [1.165, 1.54) is 6.33 Å². The Morgan fingerprint density at radius 2 is 1.94 bits per heavy atom. The quantitative estimate of drug-likeness (QED) is 0.448. The van der Waals surface area contributed by atoms with E-state index >= 15 is 0 Å². The Bertz CT molecular complexity index is 1470. The summed E-state index contributed by atoms with van der Waals surface area (Å²) in [4.78, 5) is 29.5. The molecule has 5 aromatic rings. The first kappa shape index (κ1) is 18.7. The molecule has 0 saturated heterocycles. The van der Waals surface area contributed by atoms with E-state index in [9.17, 15) is 4.79 Å². The van der Waals surface area contributed by atoms with E-state index in [1.54, 1.807) is 17.0 Å². The second-order valence-electron chi connectivity index (χ2n) is 7.25. The van der Waals surface area contributed by atoms with Gasteiger partial charge in [-0.1, -0.05) is 49.1 Å². The van der Waals surface area contributed by atoms with E-state index in [2.05, 4.69) is 31.8 Å². The molecule has 31 heavy (non-hydrogen) atoms. The summed E-state index contributed by atoms with van der Waals surface area (Å²) in [5.74, 6) is 0.603. The largest absolute Gasteiger partial charge is 0.360 e. The monoisotopic (exact) mass is 408 g/mol. The van der Waals surface area contributed by atoms with E-state index in [4.69, 9.17) is 0 Å². The van der Waals surface area contributed by atoms with Crippen molar-refractivity contribution in [1.29, 1.82) is 0 Å². The van der Waals surface area contributed by atoms with Crippen LogP contribution in [0.25, 0.3) is 33.7 Å². The van der Waals surface area contributed by atoms with Gasteiger partial charge in [0.2, 0.25) is 0 Å². The highest BCUT2D eigenvalue weighted by Gasteiger charge is 2.19. The Morgan fingerprint density at radius 3 is 2.74 bits per heavy atom. The van der Waals surface area contributed by atoms with Crippen molar-refractivity contribution in [2.75, 3.05) is 5.32 Å². The Balaban J connectivity index is 1.73. The lowest BCUT2D eigenvalue weighted by molar-refractivity contribution is 0.774. The number of H-pyrrole nitrogens is 1. The number of pyridine rings is 1. The number of nitrogens with zero attached hydrogens (tertiary/aromatic N) is 4. The predicted molar refractivity (Wildman–Crippen MR) is 123 cm³/mol. The molecule has 0 bridgehead atoms. The van der Waals surface area contributed by atoms with E-state index in [-0.39, 0.29) is 11.6 Å². The maximum absolute atomic E-state index is 13.7. The first-order chi connectivity index (χ1) is 15.2. The number of hydrogen-bond acceptors (Lipinski definition) is 5. The van der Waals surface area contributed by atoms with Gasteiger partial charge in [0.1, 0.15) is 11.8 Å². The van der Waals surface area contributed by atoms with Gasteiger partial charge in [0.05, 0.1) is 17.8 Å². The average molecular weight is 408 g/mol. The van der Waals surface area contributed by atoms with E-state index < -0.39 is 0 Å². The molecule has 5 rings (SSSR count). The second kappa shape index (κ2) is 7.53. The topological polar surface area (TPSA) is 88.5 Å². The Labute approximate surface area is 178 Å². The van der Waals surface area contributed by atoms with Crippen molar-refractivity contribution >= 4 is 33.8 Å². The normalized spacial score (nSPS) is 12.2. The summed E-state index contributed by atoms with van der Waals surface area (Å²) in [6.07, 6.45) is 4.79. The van der Waals surface area contributed by atoms with Gasteiger partial charge >= 0.3 is 0 Å². The molecule has 0 radical (unpaired) electrons. The smallest absolute Gasteiger partial charge is 0.263 e. The van der Waals surface area contributed by atoms with Crippen molar-refractivity contribution in [2.45, 2.75) is 13.0 Å². The summed E-state index contributed by atoms with van der Waals surface area (Å²) < 4.78 is 1.75. The zero-order valence-corrected chi connectivity index (χ0v) is 16.9. The van der Waals surface area contributed by atoms with Crippen LogP contribution in [0.1, 0.15) is 24.2 Å². The van der Waals surface area contributed by atoms with Crippen LogP contribution in [-0.4, -0.2) is 24.5 Å². The van der Waals surface area contributed by atoms with Gasteiger partial charge in [0, 0.05) is 11.4 Å². The Kier molecular flexibility index (Phi) is 4.55. The number of anilines is 1. The van der Waals surface area contributed by atoms with Crippen LogP contribution < -0.4 is 10.9 Å². The molecule has 0 saturated carbocycles. The summed E-state index contributed by atoms with van der Waals surface area (Å²) in [6.45, 7) is 5.88. The fraction of sp³-hybridized carbons (Fsp3) is 0.0833. The van der Waals surface area contributed by atoms with Crippen LogP contribution in [-0.2, 0) is 0 Å². The Morgan fingerprint density at radius 1 is 1.10 bits per heavy atom. The number of nitrogens with one attached hydrogen (secondary N) is 2. The summed E-state index contributed by atoms with van der Waals surface area (Å²) >= 11 is 0. The van der Waals surface area contributed by atoms with Crippen LogP contribution in [0.3, 0.4) is 0 Å². The lowest BCUT2D eigenvalue weighted by Crippen LogP contribution is -2.26. The highest BCUT2D eigenvalue weighted by Crippen LogP contribution is 2.26. The summed E-state index contributed by atoms with van der Waals surface area (Å²) in [5.41, 5.74) is 3.64. The molecular formula is C24H20N6O. The molecule has 7 heteroatoms. The molecule has 152 valence electrons.